The van der Waals surface area contributed by atoms with Gasteiger partial charge in [-0.05, 0) is 18.1 Å². The van der Waals surface area contributed by atoms with Gasteiger partial charge in [0.2, 0.25) is 0 Å². The fourth-order valence-electron chi connectivity index (χ4n) is 1.75. The van der Waals surface area contributed by atoms with Gasteiger partial charge >= 0.3 is 0 Å². The molecule has 0 amide bonds. The molecule has 0 spiro atoms. The Labute approximate surface area is 145 Å². The van der Waals surface area contributed by atoms with Gasteiger partial charge in [0.15, 0.2) is 11.6 Å². The van der Waals surface area contributed by atoms with Crippen molar-refractivity contribution < 1.29 is 4.84 Å². The normalized spacial score (nSPS) is 9.42. The van der Waals surface area contributed by atoms with Crippen LogP contribution in [0.4, 0.5) is 0 Å². The van der Waals surface area contributed by atoms with E-state index < -0.39 is 0 Å². The van der Waals surface area contributed by atoms with Gasteiger partial charge in [-0.25, -0.2) is 4.98 Å². The Morgan fingerprint density at radius 2 is 1.33 bits per heavy atom. The molecule has 24 heavy (non-hydrogen) atoms. The lowest BCUT2D eigenvalue weighted by atomic mass is 10.2. The average molecular weight is 324 g/mol. The third-order valence-electron chi connectivity index (χ3n) is 2.59. The van der Waals surface area contributed by atoms with E-state index in [9.17, 15) is 0 Å². The fraction of sp³-hybridized carbons (Fsp3) is 0.286. The molecular formula is C21H28N2O. The molecule has 0 saturated carbocycles. The Morgan fingerprint density at radius 1 is 0.833 bits per heavy atom. The molecule has 0 atom stereocenters. The summed E-state index contributed by atoms with van der Waals surface area (Å²) in [7, 11) is 0. The minimum atomic E-state index is 0.785. The first kappa shape index (κ1) is 19.5. The molecule has 2 aromatic carbocycles. The Balaban J connectivity index is 0.000000423. The number of hydrogen-bond donors (Lipinski definition) is 0. The Morgan fingerprint density at radius 3 is 1.88 bits per heavy atom. The molecule has 1 aromatic heterocycles. The van der Waals surface area contributed by atoms with Crippen LogP contribution in [0.5, 0.6) is 5.75 Å². The Kier molecular flexibility index (Phi) is 8.98. The number of imidazole rings is 1. The summed E-state index contributed by atoms with van der Waals surface area (Å²) in [4.78, 5) is 10.1. The first-order chi connectivity index (χ1) is 11.7. The van der Waals surface area contributed by atoms with Crippen molar-refractivity contribution in [2.45, 2.75) is 34.6 Å². The van der Waals surface area contributed by atoms with Crippen LogP contribution in [0.1, 0.15) is 34.6 Å². The van der Waals surface area contributed by atoms with E-state index in [-0.39, 0.29) is 0 Å². The maximum absolute atomic E-state index is 5.76. The van der Waals surface area contributed by atoms with Gasteiger partial charge in [-0.15, -0.1) is 0 Å². The topological polar surface area (TPSA) is 27.1 Å². The van der Waals surface area contributed by atoms with Gasteiger partial charge in [-0.2, -0.15) is 4.73 Å². The van der Waals surface area contributed by atoms with Gasteiger partial charge in [-0.3, -0.25) is 0 Å². The zero-order valence-electron chi connectivity index (χ0n) is 15.3. The number of para-hydroxylation sites is 1. The molecule has 0 unspecified atom stereocenters. The predicted molar refractivity (Wildman–Crippen MR) is 102 cm³/mol. The molecule has 3 aromatic rings. The van der Waals surface area contributed by atoms with Crippen molar-refractivity contribution in [1.29, 1.82) is 0 Å². The predicted octanol–water partition coefficient (Wildman–Crippen LogP) is 6.08. The van der Waals surface area contributed by atoms with Crippen LogP contribution >= 0.6 is 0 Å². The van der Waals surface area contributed by atoms with E-state index in [1.165, 1.54) is 0 Å². The Bertz CT molecular complexity index is 658. The molecule has 0 fully saturated rings. The molecular weight excluding hydrogens is 296 g/mol. The zero-order valence-corrected chi connectivity index (χ0v) is 15.3. The summed E-state index contributed by atoms with van der Waals surface area (Å²) in [6.45, 7) is 10.5. The van der Waals surface area contributed by atoms with Crippen LogP contribution in [0, 0.1) is 5.92 Å². The molecule has 128 valence electrons. The zero-order chi connectivity index (χ0) is 17.8. The molecule has 0 radical (unpaired) electrons. The number of benzene rings is 2. The van der Waals surface area contributed by atoms with E-state index in [0.29, 0.717) is 0 Å². The number of rotatable bonds is 3. The van der Waals surface area contributed by atoms with Gasteiger partial charge in [0, 0.05) is 11.8 Å². The van der Waals surface area contributed by atoms with Crippen LogP contribution in [0.3, 0.4) is 0 Å². The highest BCUT2D eigenvalue weighted by Gasteiger charge is 2.06. The molecule has 1 heterocycles. The summed E-state index contributed by atoms with van der Waals surface area (Å²) in [5, 5.41) is 0. The average Bonchev–Trinajstić information content (AvgIpc) is 3.06. The van der Waals surface area contributed by atoms with Gasteiger partial charge in [0.05, 0.1) is 6.20 Å². The standard InChI is InChI=1S/C15H12N2O.C4H10.C2H6/c1-3-7-13(8-4-1)15-16-11-12-17(15)18-14-9-5-2-6-10-14;1-4(2)3;1-2/h1-12H;4H,1-3H3;1-2H3. The van der Waals surface area contributed by atoms with Crippen molar-refractivity contribution in [3.63, 3.8) is 0 Å². The second-order valence-corrected chi connectivity index (χ2v) is 5.58. The van der Waals surface area contributed by atoms with E-state index in [1.807, 2.05) is 74.5 Å². The minimum Gasteiger partial charge on any atom is -0.374 e. The Hall–Kier alpha value is -2.55. The maximum Gasteiger partial charge on any atom is 0.176 e. The third kappa shape index (κ3) is 6.69. The molecule has 3 rings (SSSR count). The smallest absolute Gasteiger partial charge is 0.176 e. The molecule has 3 heteroatoms. The van der Waals surface area contributed by atoms with Crippen molar-refractivity contribution in [3.8, 4) is 17.1 Å². The largest absolute Gasteiger partial charge is 0.374 e. The summed E-state index contributed by atoms with van der Waals surface area (Å²) in [5.41, 5.74) is 1.03. The van der Waals surface area contributed by atoms with Crippen LogP contribution in [-0.4, -0.2) is 9.71 Å². The van der Waals surface area contributed by atoms with Crippen molar-refractivity contribution >= 4 is 0 Å². The van der Waals surface area contributed by atoms with Crippen LogP contribution in [0.15, 0.2) is 73.1 Å². The lowest BCUT2D eigenvalue weighted by Crippen LogP contribution is -2.05. The number of hydrogen-bond acceptors (Lipinski definition) is 2. The number of aromatic nitrogens is 2. The first-order valence-corrected chi connectivity index (χ1v) is 8.49. The highest BCUT2D eigenvalue weighted by atomic mass is 16.7. The van der Waals surface area contributed by atoms with E-state index >= 15 is 0 Å². The summed E-state index contributed by atoms with van der Waals surface area (Å²) >= 11 is 0. The molecule has 0 saturated heterocycles. The van der Waals surface area contributed by atoms with Gasteiger partial charge in [0.25, 0.3) is 0 Å². The van der Waals surface area contributed by atoms with Crippen molar-refractivity contribution in [3.05, 3.63) is 73.1 Å². The van der Waals surface area contributed by atoms with Gasteiger partial charge in [0.1, 0.15) is 0 Å². The van der Waals surface area contributed by atoms with Crippen molar-refractivity contribution in [2.75, 3.05) is 0 Å². The highest BCUT2D eigenvalue weighted by Crippen LogP contribution is 2.18. The lowest BCUT2D eigenvalue weighted by Gasteiger charge is -2.08. The summed E-state index contributed by atoms with van der Waals surface area (Å²) < 4.78 is 1.67. The molecule has 0 bridgehead atoms. The van der Waals surface area contributed by atoms with Gasteiger partial charge < -0.3 is 4.84 Å². The molecule has 0 aliphatic heterocycles. The molecule has 0 N–H and O–H groups in total. The minimum absolute atomic E-state index is 0.785. The summed E-state index contributed by atoms with van der Waals surface area (Å²) in [6.07, 6.45) is 3.53. The lowest BCUT2D eigenvalue weighted by molar-refractivity contribution is 0.220. The third-order valence-corrected chi connectivity index (χ3v) is 2.59. The second-order valence-electron chi connectivity index (χ2n) is 5.58. The SMILES string of the molecule is CC.CC(C)C.c1ccc(On2ccnc2-c2ccccc2)cc1. The monoisotopic (exact) mass is 324 g/mol. The van der Waals surface area contributed by atoms with Crippen LogP contribution in [-0.2, 0) is 0 Å². The van der Waals surface area contributed by atoms with E-state index in [1.54, 1.807) is 17.1 Å². The highest BCUT2D eigenvalue weighted by molar-refractivity contribution is 5.54. The summed E-state index contributed by atoms with van der Waals surface area (Å²) in [6, 6.07) is 19.6. The maximum atomic E-state index is 5.76. The van der Waals surface area contributed by atoms with Crippen molar-refractivity contribution in [1.82, 2.24) is 9.71 Å². The van der Waals surface area contributed by atoms with E-state index in [4.69, 9.17) is 4.84 Å². The van der Waals surface area contributed by atoms with Crippen LogP contribution < -0.4 is 4.84 Å². The second kappa shape index (κ2) is 11.1. The fourth-order valence-corrected chi connectivity index (χ4v) is 1.75. The quantitative estimate of drug-likeness (QED) is 0.583. The van der Waals surface area contributed by atoms with Crippen LogP contribution in [0.25, 0.3) is 11.4 Å². The number of nitrogens with zero attached hydrogens (tertiary/aromatic N) is 2. The van der Waals surface area contributed by atoms with Gasteiger partial charge in [-0.1, -0.05) is 83.1 Å². The molecule has 0 aliphatic carbocycles. The van der Waals surface area contributed by atoms with E-state index in [0.717, 1.165) is 23.1 Å². The molecule has 3 nitrogen and oxygen atoms in total. The van der Waals surface area contributed by atoms with Crippen molar-refractivity contribution in [2.24, 2.45) is 5.92 Å². The first-order valence-electron chi connectivity index (χ1n) is 8.49. The molecule has 0 aliphatic rings. The van der Waals surface area contributed by atoms with Crippen LogP contribution in [0.2, 0.25) is 0 Å². The van der Waals surface area contributed by atoms with E-state index in [2.05, 4.69) is 25.8 Å². The summed E-state index contributed by atoms with van der Waals surface area (Å²) in [5.74, 6) is 2.41.